The molecule has 0 aliphatic heterocycles. The van der Waals surface area contributed by atoms with Crippen molar-refractivity contribution in [2.45, 2.75) is 69.4 Å². The number of aromatic nitrogens is 2. The molecule has 5 saturated carbocycles. The Bertz CT molecular complexity index is 818. The van der Waals surface area contributed by atoms with Crippen molar-refractivity contribution in [1.29, 1.82) is 0 Å². The normalized spacial score (nSPS) is 37.7. The van der Waals surface area contributed by atoms with Crippen molar-refractivity contribution >= 4 is 23.3 Å². The Morgan fingerprint density at radius 1 is 1.22 bits per heavy atom. The SMILES string of the molecule is O=C(O)C1C2CC3CC(C2)CC1(n1ncc(NC2CCCC2)c(Cl)c1=O)C3. The molecule has 5 aliphatic rings. The van der Waals surface area contributed by atoms with Gasteiger partial charge < -0.3 is 10.4 Å². The highest BCUT2D eigenvalue weighted by atomic mass is 35.5. The highest BCUT2D eigenvalue weighted by Gasteiger charge is 2.61. The molecule has 0 radical (unpaired) electrons. The zero-order valence-electron chi connectivity index (χ0n) is 15.4. The Morgan fingerprint density at radius 3 is 2.52 bits per heavy atom. The fourth-order valence-electron chi connectivity index (χ4n) is 6.87. The second-order valence-electron chi connectivity index (χ2n) is 9.24. The number of anilines is 1. The lowest BCUT2D eigenvalue weighted by Crippen LogP contribution is -2.63. The number of nitrogens with zero attached hydrogens (tertiary/aromatic N) is 2. The van der Waals surface area contributed by atoms with Crippen LogP contribution >= 0.6 is 11.6 Å². The minimum absolute atomic E-state index is 0.150. The summed E-state index contributed by atoms with van der Waals surface area (Å²) in [5.74, 6) is -0.182. The van der Waals surface area contributed by atoms with E-state index >= 15 is 0 Å². The molecule has 4 bridgehead atoms. The van der Waals surface area contributed by atoms with Crippen LogP contribution < -0.4 is 10.9 Å². The molecule has 5 fully saturated rings. The van der Waals surface area contributed by atoms with Gasteiger partial charge >= 0.3 is 5.97 Å². The van der Waals surface area contributed by atoms with Gasteiger partial charge in [-0.15, -0.1) is 0 Å². The molecule has 6 nitrogen and oxygen atoms in total. The first kappa shape index (κ1) is 17.5. The number of halogens is 1. The van der Waals surface area contributed by atoms with Gasteiger partial charge in [0.15, 0.2) is 0 Å². The molecule has 5 aliphatic carbocycles. The highest BCUT2D eigenvalue weighted by molar-refractivity contribution is 6.32. The Labute approximate surface area is 163 Å². The van der Waals surface area contributed by atoms with Crippen molar-refractivity contribution in [2.75, 3.05) is 5.32 Å². The number of hydrogen-bond acceptors (Lipinski definition) is 4. The highest BCUT2D eigenvalue weighted by Crippen LogP contribution is 2.61. The van der Waals surface area contributed by atoms with Gasteiger partial charge in [-0.3, -0.25) is 9.59 Å². The lowest BCUT2D eigenvalue weighted by molar-refractivity contribution is -0.168. The first-order valence-electron chi connectivity index (χ1n) is 10.3. The molecule has 0 amide bonds. The third-order valence-corrected chi connectivity index (χ3v) is 7.96. The van der Waals surface area contributed by atoms with Crippen LogP contribution in [0.5, 0.6) is 0 Å². The van der Waals surface area contributed by atoms with E-state index in [0.29, 0.717) is 23.6 Å². The molecule has 1 aromatic rings. The number of carboxylic acids is 1. The van der Waals surface area contributed by atoms with Crippen LogP contribution in [0.4, 0.5) is 5.69 Å². The maximum atomic E-state index is 13.2. The van der Waals surface area contributed by atoms with E-state index in [-0.39, 0.29) is 16.5 Å². The summed E-state index contributed by atoms with van der Waals surface area (Å²) in [5.41, 5.74) is -0.470. The minimum atomic E-state index is -0.795. The van der Waals surface area contributed by atoms with Gasteiger partial charge in [0.25, 0.3) is 5.56 Å². The molecule has 27 heavy (non-hydrogen) atoms. The topological polar surface area (TPSA) is 84.2 Å². The number of hydrogen-bond donors (Lipinski definition) is 2. The van der Waals surface area contributed by atoms with E-state index in [9.17, 15) is 14.7 Å². The van der Waals surface area contributed by atoms with Gasteiger partial charge in [0, 0.05) is 6.04 Å². The van der Waals surface area contributed by atoms with Crippen molar-refractivity contribution in [2.24, 2.45) is 23.7 Å². The number of carboxylic acid groups (broad SMARTS) is 1. The van der Waals surface area contributed by atoms with E-state index in [1.54, 1.807) is 6.20 Å². The fraction of sp³-hybridized carbons (Fsp3) is 0.750. The van der Waals surface area contributed by atoms with Crippen molar-refractivity contribution in [1.82, 2.24) is 9.78 Å². The number of aliphatic carboxylic acids is 1. The number of carbonyl (C=O) groups is 1. The molecule has 7 heteroatoms. The molecule has 6 rings (SSSR count). The van der Waals surface area contributed by atoms with Crippen LogP contribution in [-0.2, 0) is 10.3 Å². The summed E-state index contributed by atoms with van der Waals surface area (Å²) in [5, 5.41) is 18.0. The molecule has 2 N–H and O–H groups in total. The van der Waals surface area contributed by atoms with Crippen LogP contribution in [0.15, 0.2) is 11.0 Å². The predicted molar refractivity (Wildman–Crippen MR) is 102 cm³/mol. The van der Waals surface area contributed by atoms with Gasteiger partial charge in [-0.25, -0.2) is 4.68 Å². The molecule has 146 valence electrons. The van der Waals surface area contributed by atoms with Gasteiger partial charge in [0.1, 0.15) is 5.02 Å². The van der Waals surface area contributed by atoms with Gasteiger partial charge in [-0.1, -0.05) is 24.4 Å². The summed E-state index contributed by atoms with van der Waals surface area (Å²) in [6.45, 7) is 0. The van der Waals surface area contributed by atoms with E-state index in [2.05, 4.69) is 10.4 Å². The summed E-state index contributed by atoms with van der Waals surface area (Å²) in [6, 6.07) is 0.339. The minimum Gasteiger partial charge on any atom is -0.481 e. The lowest BCUT2D eigenvalue weighted by Gasteiger charge is -2.59. The maximum absolute atomic E-state index is 13.2. The van der Waals surface area contributed by atoms with E-state index in [1.807, 2.05) is 0 Å². The molecule has 3 atom stereocenters. The summed E-state index contributed by atoms with van der Waals surface area (Å²) >= 11 is 6.46. The molecule has 0 spiro atoms. The molecule has 1 aromatic heterocycles. The molecule has 0 aromatic carbocycles. The smallest absolute Gasteiger partial charge is 0.309 e. The first-order valence-corrected chi connectivity index (χ1v) is 10.6. The van der Waals surface area contributed by atoms with Gasteiger partial charge in [-0.05, 0) is 62.7 Å². The quantitative estimate of drug-likeness (QED) is 0.820. The first-order chi connectivity index (χ1) is 13.0. The molecular formula is C20H26ClN3O3. The molecule has 3 unspecified atom stereocenters. The molecular weight excluding hydrogens is 366 g/mol. The lowest BCUT2D eigenvalue weighted by atomic mass is 9.48. The zero-order valence-corrected chi connectivity index (χ0v) is 16.1. The maximum Gasteiger partial charge on any atom is 0.309 e. The second kappa shape index (κ2) is 6.23. The van der Waals surface area contributed by atoms with Gasteiger partial charge in [0.05, 0.1) is 23.3 Å². The van der Waals surface area contributed by atoms with Crippen LogP contribution in [0.25, 0.3) is 0 Å². The second-order valence-corrected chi connectivity index (χ2v) is 9.62. The van der Waals surface area contributed by atoms with Crippen molar-refractivity contribution in [3.05, 3.63) is 21.6 Å². The largest absolute Gasteiger partial charge is 0.481 e. The van der Waals surface area contributed by atoms with E-state index in [1.165, 1.54) is 17.5 Å². The van der Waals surface area contributed by atoms with Crippen LogP contribution in [0.1, 0.15) is 57.8 Å². The average Bonchev–Trinajstić information content (AvgIpc) is 3.10. The third-order valence-electron chi connectivity index (χ3n) is 7.60. The average molecular weight is 392 g/mol. The summed E-state index contributed by atoms with van der Waals surface area (Å²) in [6.07, 6.45) is 10.7. The summed E-state index contributed by atoms with van der Waals surface area (Å²) in [4.78, 5) is 25.4. The fourth-order valence-corrected chi connectivity index (χ4v) is 7.06. The van der Waals surface area contributed by atoms with Gasteiger partial charge in [-0.2, -0.15) is 5.10 Å². The van der Waals surface area contributed by atoms with Crippen LogP contribution in [0.3, 0.4) is 0 Å². The van der Waals surface area contributed by atoms with E-state index < -0.39 is 17.4 Å². The zero-order chi connectivity index (χ0) is 18.8. The van der Waals surface area contributed by atoms with Crippen LogP contribution in [0.2, 0.25) is 5.02 Å². The van der Waals surface area contributed by atoms with Crippen LogP contribution in [0, 0.1) is 23.7 Å². The van der Waals surface area contributed by atoms with Crippen molar-refractivity contribution in [3.63, 3.8) is 0 Å². The van der Waals surface area contributed by atoms with Crippen molar-refractivity contribution < 1.29 is 9.90 Å². The standard InChI is InChI=1S/C20H26ClN3O3/c21-17-15(23-14-3-1-2-4-14)10-22-24(18(17)25)20-8-11-5-12(9-20)7-13(6-11)16(20)19(26)27/h10-14,16,23H,1-9H2,(H,26,27). The molecule has 0 saturated heterocycles. The monoisotopic (exact) mass is 391 g/mol. The van der Waals surface area contributed by atoms with Gasteiger partial charge in [0.2, 0.25) is 0 Å². The Balaban J connectivity index is 1.55. The number of rotatable bonds is 4. The number of nitrogens with one attached hydrogen (secondary N) is 1. The summed E-state index contributed by atoms with van der Waals surface area (Å²) in [7, 11) is 0. The Kier molecular flexibility index (Phi) is 4.04. The summed E-state index contributed by atoms with van der Waals surface area (Å²) < 4.78 is 1.46. The Hall–Kier alpha value is -1.56. The van der Waals surface area contributed by atoms with Crippen molar-refractivity contribution in [3.8, 4) is 0 Å². The predicted octanol–water partition coefficient (Wildman–Crippen LogP) is 3.49. The van der Waals surface area contributed by atoms with E-state index in [4.69, 9.17) is 11.6 Å². The Morgan fingerprint density at radius 2 is 1.89 bits per heavy atom. The van der Waals surface area contributed by atoms with E-state index in [0.717, 1.165) is 44.9 Å². The third kappa shape index (κ3) is 2.63. The van der Waals surface area contributed by atoms with Crippen LogP contribution in [-0.4, -0.2) is 26.9 Å². The molecule has 1 heterocycles.